The number of nitrogens with one attached hydrogen (secondary N) is 1. The zero-order valence-electron chi connectivity index (χ0n) is 18.6. The van der Waals surface area contributed by atoms with Gasteiger partial charge in [-0.15, -0.1) is 0 Å². The lowest BCUT2D eigenvalue weighted by Gasteiger charge is -2.18. The van der Waals surface area contributed by atoms with Crippen LogP contribution in [-0.2, 0) is 9.53 Å². The zero-order chi connectivity index (χ0) is 23.1. The molecule has 0 saturated carbocycles. The summed E-state index contributed by atoms with van der Waals surface area (Å²) in [7, 11) is 0. The number of anilines is 1. The van der Waals surface area contributed by atoms with Crippen LogP contribution in [0.2, 0.25) is 0 Å². The highest BCUT2D eigenvalue weighted by molar-refractivity contribution is 5.98. The third-order valence-corrected chi connectivity index (χ3v) is 4.44. The zero-order valence-corrected chi connectivity index (χ0v) is 18.6. The molecule has 0 spiro atoms. The van der Waals surface area contributed by atoms with Crippen molar-refractivity contribution in [3.05, 3.63) is 35.9 Å². The quantitative estimate of drug-likeness (QED) is 0.551. The Kier molecular flexibility index (Phi) is 7.64. The van der Waals surface area contributed by atoms with Crippen molar-refractivity contribution in [3.63, 3.8) is 0 Å². The number of hydrogen-bond donors (Lipinski definition) is 1. The molecular weight excluding hydrogens is 418 g/mol. The average molecular weight is 445 g/mol. The number of rotatable bonds is 10. The van der Waals surface area contributed by atoms with Crippen molar-refractivity contribution in [2.24, 2.45) is 0 Å². The fourth-order valence-corrected chi connectivity index (χ4v) is 3.01. The molecule has 9 heteroatoms. The molecule has 3 rings (SSSR count). The number of carbonyl (C=O) groups is 2. The van der Waals surface area contributed by atoms with E-state index in [0.29, 0.717) is 54.3 Å². The first-order chi connectivity index (χ1) is 15.5. The predicted molar refractivity (Wildman–Crippen MR) is 116 cm³/mol. The molecule has 0 aromatic heterocycles. The Labute approximate surface area is 186 Å². The molecule has 0 saturated heterocycles. The second-order valence-electron chi connectivity index (χ2n) is 6.71. The van der Waals surface area contributed by atoms with Crippen molar-refractivity contribution >= 4 is 17.6 Å². The minimum absolute atomic E-state index is 0.135. The summed E-state index contributed by atoms with van der Waals surface area (Å²) in [6, 6.07) is 8.04. The van der Waals surface area contributed by atoms with Gasteiger partial charge < -0.3 is 33.7 Å². The fourth-order valence-electron chi connectivity index (χ4n) is 3.01. The van der Waals surface area contributed by atoms with Crippen LogP contribution < -0.4 is 29.0 Å². The second kappa shape index (κ2) is 10.6. The maximum atomic E-state index is 12.8. The van der Waals surface area contributed by atoms with Gasteiger partial charge in [0.2, 0.25) is 12.5 Å². The Morgan fingerprint density at radius 2 is 1.56 bits per heavy atom. The van der Waals surface area contributed by atoms with Gasteiger partial charge in [0.25, 0.3) is 5.91 Å². The molecule has 172 valence electrons. The summed E-state index contributed by atoms with van der Waals surface area (Å²) in [6.07, 6.45) is -1.05. The molecule has 2 aromatic carbocycles. The monoisotopic (exact) mass is 445 g/mol. The van der Waals surface area contributed by atoms with E-state index in [1.807, 2.05) is 20.8 Å². The minimum atomic E-state index is -1.05. The molecular formula is C23H27NO8. The van der Waals surface area contributed by atoms with Crippen molar-refractivity contribution < 1.29 is 38.0 Å². The Hall–Kier alpha value is -3.62. The van der Waals surface area contributed by atoms with Gasteiger partial charge >= 0.3 is 5.97 Å². The number of amides is 1. The van der Waals surface area contributed by atoms with Crippen LogP contribution in [0, 0.1) is 0 Å². The maximum absolute atomic E-state index is 12.8. The molecule has 32 heavy (non-hydrogen) atoms. The van der Waals surface area contributed by atoms with Crippen molar-refractivity contribution in [1.29, 1.82) is 0 Å². The van der Waals surface area contributed by atoms with Gasteiger partial charge in [0.1, 0.15) is 0 Å². The number of carbonyl (C=O) groups excluding carboxylic acids is 2. The van der Waals surface area contributed by atoms with Crippen LogP contribution in [0.25, 0.3) is 0 Å². The largest absolute Gasteiger partial charge is 0.490 e. The standard InChI is InChI=1S/C23H27NO8/c1-5-27-19-10-15(11-20(28-6-2)21(19)29-7-3)23(26)32-14(4)22(25)24-16-8-9-17-18(12-16)31-13-30-17/h8-12,14H,5-7,13H2,1-4H3,(H,24,25). The van der Waals surface area contributed by atoms with Gasteiger partial charge in [-0.05, 0) is 52.0 Å². The molecule has 9 nitrogen and oxygen atoms in total. The van der Waals surface area contributed by atoms with Crippen molar-refractivity contribution in [1.82, 2.24) is 0 Å². The van der Waals surface area contributed by atoms with Gasteiger partial charge in [-0.2, -0.15) is 0 Å². The molecule has 1 heterocycles. The second-order valence-corrected chi connectivity index (χ2v) is 6.71. The van der Waals surface area contributed by atoms with Gasteiger partial charge in [0, 0.05) is 11.8 Å². The van der Waals surface area contributed by atoms with E-state index in [1.54, 1.807) is 18.2 Å². The van der Waals surface area contributed by atoms with Gasteiger partial charge in [0.05, 0.1) is 25.4 Å². The van der Waals surface area contributed by atoms with Crippen LogP contribution in [0.1, 0.15) is 38.1 Å². The molecule has 0 aliphatic carbocycles. The summed E-state index contributed by atoms with van der Waals surface area (Å²) in [5.41, 5.74) is 0.684. The molecule has 1 atom stereocenters. The Bertz CT molecular complexity index is 947. The van der Waals surface area contributed by atoms with Gasteiger partial charge in [-0.25, -0.2) is 4.79 Å². The van der Waals surface area contributed by atoms with Crippen LogP contribution in [0.3, 0.4) is 0 Å². The lowest BCUT2D eigenvalue weighted by atomic mass is 10.1. The van der Waals surface area contributed by atoms with Crippen molar-refractivity contribution in [2.75, 3.05) is 31.9 Å². The van der Waals surface area contributed by atoms with E-state index in [1.165, 1.54) is 19.1 Å². The highest BCUT2D eigenvalue weighted by Gasteiger charge is 2.23. The van der Waals surface area contributed by atoms with E-state index in [4.69, 9.17) is 28.4 Å². The molecule has 0 radical (unpaired) electrons. The summed E-state index contributed by atoms with van der Waals surface area (Å²) < 4.78 is 32.8. The Morgan fingerprint density at radius 3 is 2.19 bits per heavy atom. The summed E-state index contributed by atoms with van der Waals surface area (Å²) >= 11 is 0. The summed E-state index contributed by atoms with van der Waals surface area (Å²) in [5.74, 6) is 1.11. The molecule has 1 unspecified atom stereocenters. The fraction of sp³-hybridized carbons (Fsp3) is 0.391. The summed E-state index contributed by atoms with van der Waals surface area (Å²) in [4.78, 5) is 25.3. The first-order valence-electron chi connectivity index (χ1n) is 10.4. The molecule has 0 fully saturated rings. The van der Waals surface area contributed by atoms with Crippen LogP contribution in [0.5, 0.6) is 28.7 Å². The smallest absolute Gasteiger partial charge is 0.339 e. The van der Waals surface area contributed by atoms with Crippen molar-refractivity contribution in [3.8, 4) is 28.7 Å². The Balaban J connectivity index is 1.72. The Morgan fingerprint density at radius 1 is 0.938 bits per heavy atom. The number of fused-ring (bicyclic) bond motifs is 1. The third kappa shape index (κ3) is 5.35. The van der Waals surface area contributed by atoms with E-state index in [2.05, 4.69) is 5.32 Å². The number of esters is 1. The van der Waals surface area contributed by atoms with E-state index in [-0.39, 0.29) is 12.4 Å². The highest BCUT2D eigenvalue weighted by Crippen LogP contribution is 2.39. The SMILES string of the molecule is CCOc1cc(C(=O)OC(C)C(=O)Nc2ccc3c(c2)OCO3)cc(OCC)c1OCC. The van der Waals surface area contributed by atoms with E-state index in [9.17, 15) is 9.59 Å². The average Bonchev–Trinajstić information content (AvgIpc) is 3.24. The van der Waals surface area contributed by atoms with Gasteiger partial charge in [-0.1, -0.05) is 0 Å². The van der Waals surface area contributed by atoms with Crippen LogP contribution in [0.4, 0.5) is 5.69 Å². The number of hydrogen-bond acceptors (Lipinski definition) is 8. The van der Waals surface area contributed by atoms with E-state index >= 15 is 0 Å². The minimum Gasteiger partial charge on any atom is -0.490 e. The normalized spacial score (nSPS) is 12.6. The summed E-state index contributed by atoms with van der Waals surface area (Å²) in [5, 5.41) is 2.70. The lowest BCUT2D eigenvalue weighted by molar-refractivity contribution is -0.123. The van der Waals surface area contributed by atoms with Crippen LogP contribution >= 0.6 is 0 Å². The number of ether oxygens (including phenoxy) is 6. The third-order valence-electron chi connectivity index (χ3n) is 4.44. The maximum Gasteiger partial charge on any atom is 0.339 e. The molecule has 1 aliphatic heterocycles. The van der Waals surface area contributed by atoms with Crippen molar-refractivity contribution in [2.45, 2.75) is 33.8 Å². The van der Waals surface area contributed by atoms with Gasteiger partial charge in [-0.3, -0.25) is 4.79 Å². The van der Waals surface area contributed by atoms with E-state index in [0.717, 1.165) is 0 Å². The first kappa shape index (κ1) is 23.1. The van der Waals surface area contributed by atoms with Crippen LogP contribution in [-0.4, -0.2) is 44.6 Å². The predicted octanol–water partition coefficient (Wildman–Crippen LogP) is 3.80. The molecule has 0 bridgehead atoms. The topological polar surface area (TPSA) is 102 Å². The molecule has 1 amide bonds. The van der Waals surface area contributed by atoms with Crippen LogP contribution in [0.15, 0.2) is 30.3 Å². The molecule has 1 aliphatic rings. The van der Waals surface area contributed by atoms with E-state index < -0.39 is 18.0 Å². The lowest BCUT2D eigenvalue weighted by Crippen LogP contribution is -2.30. The first-order valence-corrected chi connectivity index (χ1v) is 10.4. The molecule has 1 N–H and O–H groups in total. The van der Waals surface area contributed by atoms with Gasteiger partial charge in [0.15, 0.2) is 29.1 Å². The molecule has 2 aromatic rings. The summed E-state index contributed by atoms with van der Waals surface area (Å²) in [6.45, 7) is 8.26. The highest BCUT2D eigenvalue weighted by atomic mass is 16.7. The number of benzene rings is 2.